The summed E-state index contributed by atoms with van der Waals surface area (Å²) in [5.41, 5.74) is 0.712. The Morgan fingerprint density at radius 3 is 2.71 bits per heavy atom. The highest BCUT2D eigenvalue weighted by molar-refractivity contribution is 7.09. The van der Waals surface area contributed by atoms with E-state index >= 15 is 0 Å². The number of thiazole rings is 1. The van der Waals surface area contributed by atoms with Gasteiger partial charge in [0, 0.05) is 24.7 Å². The molecule has 6 nitrogen and oxygen atoms in total. The van der Waals surface area contributed by atoms with E-state index in [0.29, 0.717) is 11.6 Å². The summed E-state index contributed by atoms with van der Waals surface area (Å²) in [6, 6.07) is 3.70. The van der Waals surface area contributed by atoms with Gasteiger partial charge in [-0.3, -0.25) is 0 Å². The van der Waals surface area contributed by atoms with Crippen LogP contribution in [-0.4, -0.2) is 29.1 Å². The Labute approximate surface area is 145 Å². The van der Waals surface area contributed by atoms with Crippen LogP contribution in [0.15, 0.2) is 29.9 Å². The summed E-state index contributed by atoms with van der Waals surface area (Å²) >= 11 is 1.59. The van der Waals surface area contributed by atoms with Crippen LogP contribution in [0.4, 0.5) is 16.3 Å². The Kier molecular flexibility index (Phi) is 4.34. The largest absolute Gasteiger partial charge is 0.357 e. The summed E-state index contributed by atoms with van der Waals surface area (Å²) < 4.78 is 0. The molecule has 1 aliphatic heterocycles. The molecule has 2 amide bonds. The van der Waals surface area contributed by atoms with Crippen molar-refractivity contribution in [2.45, 2.75) is 31.7 Å². The maximum Gasteiger partial charge on any atom is 0.319 e. The molecule has 2 aromatic rings. The molecule has 0 radical (unpaired) electrons. The molecule has 1 saturated carbocycles. The van der Waals surface area contributed by atoms with Crippen molar-refractivity contribution in [2.75, 3.05) is 23.3 Å². The highest BCUT2D eigenvalue weighted by Crippen LogP contribution is 2.41. The zero-order valence-corrected chi connectivity index (χ0v) is 14.3. The number of anilines is 2. The minimum absolute atomic E-state index is 0.0156. The van der Waals surface area contributed by atoms with Crippen molar-refractivity contribution >= 4 is 28.9 Å². The van der Waals surface area contributed by atoms with Gasteiger partial charge in [-0.05, 0) is 43.7 Å². The topological polar surface area (TPSA) is 70.2 Å². The zero-order valence-electron chi connectivity index (χ0n) is 13.4. The zero-order chi connectivity index (χ0) is 16.4. The first-order valence-electron chi connectivity index (χ1n) is 8.47. The molecule has 126 valence electrons. The quantitative estimate of drug-likeness (QED) is 0.873. The van der Waals surface area contributed by atoms with Crippen LogP contribution < -0.4 is 15.5 Å². The molecule has 1 unspecified atom stereocenters. The summed E-state index contributed by atoms with van der Waals surface area (Å²) in [4.78, 5) is 23.4. The third-order valence-electron chi connectivity index (χ3n) is 4.53. The lowest BCUT2D eigenvalue weighted by molar-refractivity contribution is 0.247. The monoisotopic (exact) mass is 343 g/mol. The molecule has 2 N–H and O–H groups in total. The number of amides is 2. The predicted octanol–water partition coefficient (Wildman–Crippen LogP) is 3.41. The summed E-state index contributed by atoms with van der Waals surface area (Å²) in [7, 11) is 0. The molecule has 0 spiro atoms. The summed E-state index contributed by atoms with van der Waals surface area (Å²) in [6.07, 6.45) is 8.26. The minimum Gasteiger partial charge on any atom is -0.357 e. The van der Waals surface area contributed by atoms with Gasteiger partial charge >= 0.3 is 6.03 Å². The van der Waals surface area contributed by atoms with E-state index in [2.05, 4.69) is 25.5 Å². The van der Waals surface area contributed by atoms with Crippen molar-refractivity contribution in [1.29, 1.82) is 0 Å². The molecule has 4 rings (SSSR count). The number of carbonyl (C=O) groups is 1. The number of rotatable bonds is 5. The van der Waals surface area contributed by atoms with Gasteiger partial charge in [0.05, 0.1) is 17.9 Å². The van der Waals surface area contributed by atoms with E-state index in [0.717, 1.165) is 36.8 Å². The molecule has 0 aromatic carbocycles. The highest BCUT2D eigenvalue weighted by atomic mass is 32.1. The molecular formula is C17H21N5OS. The van der Waals surface area contributed by atoms with Gasteiger partial charge in [-0.1, -0.05) is 0 Å². The van der Waals surface area contributed by atoms with E-state index in [1.165, 1.54) is 12.8 Å². The number of aromatic nitrogens is 2. The lowest BCUT2D eigenvalue weighted by Gasteiger charge is -2.18. The van der Waals surface area contributed by atoms with Crippen LogP contribution in [0.5, 0.6) is 0 Å². The van der Waals surface area contributed by atoms with Gasteiger partial charge in [0.25, 0.3) is 0 Å². The Morgan fingerprint density at radius 1 is 1.25 bits per heavy atom. The number of nitrogens with zero attached hydrogens (tertiary/aromatic N) is 3. The van der Waals surface area contributed by atoms with Crippen molar-refractivity contribution in [2.24, 2.45) is 5.92 Å². The average Bonchev–Trinajstić information content (AvgIpc) is 3.06. The van der Waals surface area contributed by atoms with Crippen LogP contribution in [0, 0.1) is 5.92 Å². The number of pyridine rings is 1. The number of hydrogen-bond donors (Lipinski definition) is 2. The van der Waals surface area contributed by atoms with Gasteiger partial charge in [-0.15, -0.1) is 11.3 Å². The van der Waals surface area contributed by atoms with E-state index in [-0.39, 0.29) is 12.1 Å². The number of nitrogens with one attached hydrogen (secondary N) is 2. The van der Waals surface area contributed by atoms with Crippen molar-refractivity contribution < 1.29 is 4.79 Å². The van der Waals surface area contributed by atoms with Crippen LogP contribution in [0.3, 0.4) is 0 Å². The van der Waals surface area contributed by atoms with Crippen LogP contribution in [0.25, 0.3) is 0 Å². The van der Waals surface area contributed by atoms with Crippen LogP contribution in [0.1, 0.15) is 36.7 Å². The Morgan fingerprint density at radius 2 is 2.08 bits per heavy atom. The third-order valence-corrected chi connectivity index (χ3v) is 5.39. The molecular weight excluding hydrogens is 322 g/mol. The van der Waals surface area contributed by atoms with E-state index in [4.69, 9.17) is 0 Å². The van der Waals surface area contributed by atoms with Gasteiger partial charge < -0.3 is 15.5 Å². The van der Waals surface area contributed by atoms with E-state index in [9.17, 15) is 4.79 Å². The third kappa shape index (κ3) is 3.51. The van der Waals surface area contributed by atoms with Gasteiger partial charge in [0.2, 0.25) is 0 Å². The minimum atomic E-state index is -0.196. The number of urea groups is 1. The molecule has 2 aromatic heterocycles. The van der Waals surface area contributed by atoms with Crippen molar-refractivity contribution in [3.05, 3.63) is 34.9 Å². The molecule has 0 bridgehead atoms. The molecule has 2 aliphatic rings. The molecule has 24 heavy (non-hydrogen) atoms. The fourth-order valence-electron chi connectivity index (χ4n) is 3.10. The first-order valence-corrected chi connectivity index (χ1v) is 9.35. The van der Waals surface area contributed by atoms with Crippen molar-refractivity contribution in [1.82, 2.24) is 15.3 Å². The van der Waals surface area contributed by atoms with Crippen molar-refractivity contribution in [3.63, 3.8) is 0 Å². The van der Waals surface area contributed by atoms with Gasteiger partial charge in [-0.2, -0.15) is 0 Å². The second-order valence-electron chi connectivity index (χ2n) is 6.38. The summed E-state index contributed by atoms with van der Waals surface area (Å²) in [5, 5.41) is 8.87. The molecule has 1 aliphatic carbocycles. The van der Waals surface area contributed by atoms with Crippen LogP contribution in [0.2, 0.25) is 0 Å². The smallest absolute Gasteiger partial charge is 0.319 e. The van der Waals surface area contributed by atoms with Crippen molar-refractivity contribution in [3.8, 4) is 0 Å². The normalized spacial score (nSPS) is 18.4. The summed E-state index contributed by atoms with van der Waals surface area (Å²) in [5.74, 6) is 1.50. The second-order valence-corrected chi connectivity index (χ2v) is 7.31. The average molecular weight is 343 g/mol. The lowest BCUT2D eigenvalue weighted by Crippen LogP contribution is -2.33. The fourth-order valence-corrected chi connectivity index (χ4v) is 3.88. The van der Waals surface area contributed by atoms with E-state index in [1.807, 2.05) is 17.5 Å². The molecule has 2 fully saturated rings. The Bertz CT molecular complexity index is 678. The van der Waals surface area contributed by atoms with Crippen LogP contribution in [-0.2, 0) is 0 Å². The Balaban J connectivity index is 1.36. The molecule has 3 heterocycles. The fraction of sp³-hybridized carbons (Fsp3) is 0.471. The molecule has 1 saturated heterocycles. The second kappa shape index (κ2) is 6.76. The van der Waals surface area contributed by atoms with Gasteiger partial charge in [0.15, 0.2) is 0 Å². The Hall–Kier alpha value is -2.15. The standard InChI is InChI=1S/C17H21N5OS/c23-17(21-15(12-3-4-12)16-18-7-10-24-16)20-13-5-6-14(19-11-13)22-8-1-2-9-22/h5-7,10-12,15H,1-4,8-9H2,(H2,20,21,23). The molecule has 1 atom stereocenters. The SMILES string of the molecule is O=C(Nc1ccc(N2CCCC2)nc1)NC(c1nccs1)C1CC1. The number of hydrogen-bond acceptors (Lipinski definition) is 5. The first kappa shape index (κ1) is 15.4. The first-order chi connectivity index (χ1) is 11.8. The highest BCUT2D eigenvalue weighted by Gasteiger charge is 2.35. The molecule has 7 heteroatoms. The predicted molar refractivity (Wildman–Crippen MR) is 95.4 cm³/mol. The lowest BCUT2D eigenvalue weighted by atomic mass is 10.2. The number of carbonyl (C=O) groups excluding carboxylic acids is 1. The summed E-state index contributed by atoms with van der Waals surface area (Å²) in [6.45, 7) is 2.13. The maximum absolute atomic E-state index is 12.3. The van der Waals surface area contributed by atoms with Crippen LogP contribution >= 0.6 is 11.3 Å². The van der Waals surface area contributed by atoms with E-state index in [1.54, 1.807) is 23.7 Å². The van der Waals surface area contributed by atoms with Gasteiger partial charge in [0.1, 0.15) is 10.8 Å². The van der Waals surface area contributed by atoms with Gasteiger partial charge in [-0.25, -0.2) is 14.8 Å². The maximum atomic E-state index is 12.3. The van der Waals surface area contributed by atoms with E-state index < -0.39 is 0 Å².